The molecule has 2 heterocycles. The van der Waals surface area contributed by atoms with Crippen molar-refractivity contribution in [1.82, 2.24) is 0 Å². The molecular formula is C17H30O4S2. The Morgan fingerprint density at radius 3 is 2.48 bits per heavy atom. The Kier molecular flexibility index (Phi) is 9.80. The van der Waals surface area contributed by atoms with Gasteiger partial charge in [-0.1, -0.05) is 6.42 Å². The van der Waals surface area contributed by atoms with E-state index in [1.807, 2.05) is 23.5 Å². The predicted molar refractivity (Wildman–Crippen MR) is 97.4 cm³/mol. The second-order valence-electron chi connectivity index (χ2n) is 6.21. The number of carbonyl (C=O) groups excluding carboxylic acids is 1. The van der Waals surface area contributed by atoms with Crippen LogP contribution in [0.2, 0.25) is 0 Å². The van der Waals surface area contributed by atoms with Crippen LogP contribution >= 0.6 is 23.5 Å². The summed E-state index contributed by atoms with van der Waals surface area (Å²) in [5, 5.41) is 0. The van der Waals surface area contributed by atoms with E-state index >= 15 is 0 Å². The third kappa shape index (κ3) is 8.14. The van der Waals surface area contributed by atoms with Gasteiger partial charge >= 0.3 is 5.97 Å². The van der Waals surface area contributed by atoms with Gasteiger partial charge in [-0.25, -0.2) is 0 Å². The number of unbranched alkanes of at least 4 members (excludes halogenated alkanes) is 1. The molecule has 0 amide bonds. The van der Waals surface area contributed by atoms with Crippen molar-refractivity contribution in [3.63, 3.8) is 0 Å². The zero-order valence-electron chi connectivity index (χ0n) is 14.2. The molecular weight excluding hydrogens is 332 g/mol. The van der Waals surface area contributed by atoms with E-state index in [9.17, 15) is 4.79 Å². The maximum absolute atomic E-state index is 11.2. The van der Waals surface area contributed by atoms with Crippen LogP contribution in [0.15, 0.2) is 0 Å². The third-order valence-electron chi connectivity index (χ3n) is 4.34. The molecule has 6 heteroatoms. The van der Waals surface area contributed by atoms with E-state index in [-0.39, 0.29) is 12.1 Å². The van der Waals surface area contributed by atoms with Gasteiger partial charge in [-0.05, 0) is 43.6 Å². The first-order valence-electron chi connectivity index (χ1n) is 8.77. The lowest BCUT2D eigenvalue weighted by atomic mass is 10.1. The first-order valence-corrected chi connectivity index (χ1v) is 11.1. The second-order valence-corrected chi connectivity index (χ2v) is 8.51. The lowest BCUT2D eigenvalue weighted by Crippen LogP contribution is -2.25. The molecule has 2 rings (SSSR count). The summed E-state index contributed by atoms with van der Waals surface area (Å²) in [6.45, 7) is 0.798. The molecule has 2 fully saturated rings. The third-order valence-corrected chi connectivity index (χ3v) is 6.60. The Balaban J connectivity index is 1.64. The molecule has 0 aliphatic carbocycles. The van der Waals surface area contributed by atoms with E-state index in [1.54, 1.807) is 0 Å². The molecule has 2 aliphatic heterocycles. The molecule has 2 aliphatic rings. The number of hydrogen-bond acceptors (Lipinski definition) is 6. The Labute approximate surface area is 148 Å². The van der Waals surface area contributed by atoms with Gasteiger partial charge in [0.05, 0.1) is 25.4 Å². The molecule has 134 valence electrons. The van der Waals surface area contributed by atoms with Crippen LogP contribution in [0, 0.1) is 0 Å². The van der Waals surface area contributed by atoms with Crippen molar-refractivity contribution in [2.24, 2.45) is 0 Å². The molecule has 0 aromatic carbocycles. The molecule has 0 radical (unpaired) electrons. The van der Waals surface area contributed by atoms with E-state index in [4.69, 9.17) is 14.2 Å². The van der Waals surface area contributed by atoms with Gasteiger partial charge in [0.15, 0.2) is 0 Å². The van der Waals surface area contributed by atoms with Crippen molar-refractivity contribution in [2.45, 2.75) is 63.3 Å². The minimum absolute atomic E-state index is 0.114. The highest BCUT2D eigenvalue weighted by Crippen LogP contribution is 2.25. The summed E-state index contributed by atoms with van der Waals surface area (Å²) in [5.74, 6) is 4.60. The average molecular weight is 363 g/mol. The minimum atomic E-state index is -0.114. The standard InChI is InChI=1S/C17H30O4S2/c1-19-17(18)5-3-2-4-14(21-16-8-11-23-13-16)6-9-20-15-7-10-22-12-15/h14-16H,2-13H2,1H3/t14-,15?,16?/m0/s1. The summed E-state index contributed by atoms with van der Waals surface area (Å²) in [5.41, 5.74) is 0. The van der Waals surface area contributed by atoms with Crippen LogP contribution in [-0.4, -0.2) is 61.0 Å². The van der Waals surface area contributed by atoms with E-state index in [0.29, 0.717) is 18.6 Å². The number of rotatable bonds is 11. The van der Waals surface area contributed by atoms with Crippen LogP contribution in [0.3, 0.4) is 0 Å². The smallest absolute Gasteiger partial charge is 0.305 e. The molecule has 23 heavy (non-hydrogen) atoms. The second kappa shape index (κ2) is 11.6. The van der Waals surface area contributed by atoms with Crippen LogP contribution in [0.1, 0.15) is 44.9 Å². The lowest BCUT2D eigenvalue weighted by molar-refractivity contribution is -0.140. The number of methoxy groups -OCH3 is 1. The van der Waals surface area contributed by atoms with Gasteiger partial charge in [0, 0.05) is 24.5 Å². The summed E-state index contributed by atoms with van der Waals surface area (Å²) in [6, 6.07) is 0. The highest BCUT2D eigenvalue weighted by molar-refractivity contribution is 7.99. The van der Waals surface area contributed by atoms with Crippen molar-refractivity contribution < 1.29 is 19.0 Å². The van der Waals surface area contributed by atoms with Crippen molar-refractivity contribution in [3.05, 3.63) is 0 Å². The molecule has 4 nitrogen and oxygen atoms in total. The molecule has 0 spiro atoms. The number of hydrogen-bond donors (Lipinski definition) is 0. The molecule has 2 saturated heterocycles. The summed E-state index contributed by atoms with van der Waals surface area (Å²) in [4.78, 5) is 11.2. The van der Waals surface area contributed by atoms with Crippen molar-refractivity contribution in [3.8, 4) is 0 Å². The molecule has 3 atom stereocenters. The molecule has 2 unspecified atom stereocenters. The van der Waals surface area contributed by atoms with Gasteiger partial charge in [-0.15, -0.1) is 0 Å². The molecule has 0 N–H and O–H groups in total. The number of ether oxygens (including phenoxy) is 3. The van der Waals surface area contributed by atoms with Crippen molar-refractivity contribution in [2.75, 3.05) is 36.7 Å². The molecule has 0 aromatic rings. The highest BCUT2D eigenvalue weighted by Gasteiger charge is 2.22. The van der Waals surface area contributed by atoms with Crippen LogP contribution in [0.4, 0.5) is 0 Å². The van der Waals surface area contributed by atoms with Gasteiger partial charge in [0.25, 0.3) is 0 Å². The maximum Gasteiger partial charge on any atom is 0.305 e. The monoisotopic (exact) mass is 362 g/mol. The zero-order chi connectivity index (χ0) is 16.3. The summed E-state index contributed by atoms with van der Waals surface area (Å²) >= 11 is 3.97. The summed E-state index contributed by atoms with van der Waals surface area (Å²) < 4.78 is 17.0. The van der Waals surface area contributed by atoms with E-state index in [0.717, 1.165) is 43.8 Å². The van der Waals surface area contributed by atoms with Crippen LogP contribution < -0.4 is 0 Å². The molecule has 0 bridgehead atoms. The normalized spacial score (nSPS) is 25.6. The fraction of sp³-hybridized carbons (Fsp3) is 0.941. The van der Waals surface area contributed by atoms with Crippen molar-refractivity contribution in [1.29, 1.82) is 0 Å². The minimum Gasteiger partial charge on any atom is -0.469 e. The molecule has 0 saturated carbocycles. The zero-order valence-corrected chi connectivity index (χ0v) is 15.8. The van der Waals surface area contributed by atoms with Gasteiger partial charge in [0.1, 0.15) is 0 Å². The Bertz CT molecular complexity index is 329. The fourth-order valence-electron chi connectivity index (χ4n) is 2.93. The lowest BCUT2D eigenvalue weighted by Gasteiger charge is -2.22. The SMILES string of the molecule is COC(=O)CCCC[C@@H](CCOC1CCSC1)OC1CCSC1. The largest absolute Gasteiger partial charge is 0.469 e. The van der Waals surface area contributed by atoms with E-state index in [2.05, 4.69) is 0 Å². The van der Waals surface area contributed by atoms with Gasteiger partial charge in [-0.2, -0.15) is 23.5 Å². The van der Waals surface area contributed by atoms with Crippen LogP contribution in [0.5, 0.6) is 0 Å². The summed E-state index contributed by atoms with van der Waals surface area (Å²) in [7, 11) is 1.45. The van der Waals surface area contributed by atoms with Gasteiger partial charge in [-0.3, -0.25) is 4.79 Å². The highest BCUT2D eigenvalue weighted by atomic mass is 32.2. The Morgan fingerprint density at radius 2 is 1.83 bits per heavy atom. The number of esters is 1. The first kappa shape index (κ1) is 19.4. The number of thioether (sulfide) groups is 2. The Hall–Kier alpha value is 0.0900. The van der Waals surface area contributed by atoms with Crippen molar-refractivity contribution >= 4 is 29.5 Å². The maximum atomic E-state index is 11.2. The van der Waals surface area contributed by atoms with E-state index < -0.39 is 0 Å². The fourth-order valence-corrected chi connectivity index (χ4v) is 5.15. The average Bonchev–Trinajstić information content (AvgIpc) is 3.24. The van der Waals surface area contributed by atoms with E-state index in [1.165, 1.54) is 31.5 Å². The molecule has 0 aromatic heterocycles. The van der Waals surface area contributed by atoms with Gasteiger partial charge < -0.3 is 14.2 Å². The van der Waals surface area contributed by atoms with Crippen LogP contribution in [-0.2, 0) is 19.0 Å². The predicted octanol–water partition coefficient (Wildman–Crippen LogP) is 3.52. The summed E-state index contributed by atoms with van der Waals surface area (Å²) in [6.07, 6.45) is 7.88. The van der Waals surface area contributed by atoms with Crippen LogP contribution in [0.25, 0.3) is 0 Å². The topological polar surface area (TPSA) is 44.8 Å². The quantitative estimate of drug-likeness (QED) is 0.414. The number of carbonyl (C=O) groups is 1. The van der Waals surface area contributed by atoms with Gasteiger partial charge in [0.2, 0.25) is 0 Å². The first-order chi connectivity index (χ1) is 11.3. The Morgan fingerprint density at radius 1 is 1.09 bits per heavy atom.